The van der Waals surface area contributed by atoms with Gasteiger partial charge in [-0.15, -0.1) is 26.6 Å². The molecule has 1 aliphatic rings. The van der Waals surface area contributed by atoms with Gasteiger partial charge in [-0.1, -0.05) is 40.6 Å². The van der Waals surface area contributed by atoms with Crippen molar-refractivity contribution in [2.24, 2.45) is 13.0 Å². The third-order valence-electron chi connectivity index (χ3n) is 10.2. The lowest BCUT2D eigenvalue weighted by molar-refractivity contribution is -0.0192. The van der Waals surface area contributed by atoms with Crippen molar-refractivity contribution in [3.63, 3.8) is 0 Å². The molecule has 0 bridgehead atoms. The molecule has 0 spiro atoms. The Morgan fingerprint density at radius 3 is 2.60 bits per heavy atom. The number of nitrogens with zero attached hydrogens (tertiary/aromatic N) is 10. The maximum atomic E-state index is 6.66. The molecular formula is C38H44N10O3S. The van der Waals surface area contributed by atoms with Gasteiger partial charge in [0.15, 0.2) is 5.65 Å². The molecule has 13 nitrogen and oxygen atoms in total. The molecule has 14 heteroatoms. The number of pyridine rings is 1. The second-order valence-electron chi connectivity index (χ2n) is 14.0. The first kappa shape index (κ1) is 34.2. The molecule has 1 aliphatic heterocycles. The molecule has 0 amide bonds. The summed E-state index contributed by atoms with van der Waals surface area (Å²) in [6.07, 6.45) is 4.78. The van der Waals surface area contributed by atoms with Gasteiger partial charge in [0.1, 0.15) is 11.3 Å². The Morgan fingerprint density at radius 2 is 1.85 bits per heavy atom. The zero-order valence-corrected chi connectivity index (χ0v) is 31.3. The lowest BCUT2D eigenvalue weighted by Gasteiger charge is -2.33. The fourth-order valence-corrected chi connectivity index (χ4v) is 8.68. The third-order valence-corrected chi connectivity index (χ3v) is 11.6. The molecule has 7 heterocycles. The van der Waals surface area contributed by atoms with E-state index >= 15 is 0 Å². The molecule has 7 aromatic rings. The number of methoxy groups -OCH3 is 1. The highest BCUT2D eigenvalue weighted by Gasteiger charge is 2.33. The molecule has 0 radical (unpaired) electrons. The monoisotopic (exact) mass is 720 g/mol. The van der Waals surface area contributed by atoms with E-state index in [0.29, 0.717) is 24.2 Å². The average molecular weight is 721 g/mol. The Kier molecular flexibility index (Phi) is 9.14. The summed E-state index contributed by atoms with van der Waals surface area (Å²) >= 11 is 1.78. The zero-order chi connectivity index (χ0) is 36.0. The minimum absolute atomic E-state index is 0.112. The van der Waals surface area contributed by atoms with Gasteiger partial charge in [-0.25, -0.2) is 4.68 Å². The van der Waals surface area contributed by atoms with Gasteiger partial charge in [0.25, 0.3) is 0 Å². The van der Waals surface area contributed by atoms with E-state index in [0.717, 1.165) is 72.8 Å². The van der Waals surface area contributed by atoms with Gasteiger partial charge in [0.2, 0.25) is 0 Å². The lowest BCUT2D eigenvalue weighted by atomic mass is 9.86. The molecule has 52 heavy (non-hydrogen) atoms. The van der Waals surface area contributed by atoms with Crippen molar-refractivity contribution in [3.05, 3.63) is 76.9 Å². The van der Waals surface area contributed by atoms with Crippen LogP contribution in [0.2, 0.25) is 0 Å². The van der Waals surface area contributed by atoms with E-state index in [-0.39, 0.29) is 6.04 Å². The Balaban J connectivity index is 1.12. The summed E-state index contributed by atoms with van der Waals surface area (Å²) in [5.41, 5.74) is 7.59. The molecule has 0 N–H and O–H groups in total. The van der Waals surface area contributed by atoms with Gasteiger partial charge >= 0.3 is 6.01 Å². The van der Waals surface area contributed by atoms with Gasteiger partial charge in [0.05, 0.1) is 45.9 Å². The number of aryl methyl sites for hydroxylation is 2. The first-order valence-corrected chi connectivity index (χ1v) is 18.6. The molecule has 1 unspecified atom stereocenters. The predicted octanol–water partition coefficient (Wildman–Crippen LogP) is 6.60. The summed E-state index contributed by atoms with van der Waals surface area (Å²) in [6, 6.07) is 19.8. The summed E-state index contributed by atoms with van der Waals surface area (Å²) in [7, 11) is 5.53. The molecular weight excluding hydrogens is 677 g/mol. The van der Waals surface area contributed by atoms with Crippen molar-refractivity contribution in [2.75, 3.05) is 45.4 Å². The van der Waals surface area contributed by atoms with Crippen LogP contribution in [0.5, 0.6) is 6.01 Å². The highest BCUT2D eigenvalue weighted by Crippen LogP contribution is 2.45. The van der Waals surface area contributed by atoms with E-state index in [2.05, 4.69) is 91.4 Å². The van der Waals surface area contributed by atoms with Crippen molar-refractivity contribution in [2.45, 2.75) is 51.7 Å². The SMILES string of the molecule is COc1nnc2ccc(N(C)CCCOC(C)(C)c3cc4c(s3)c3ncc(-c5c(C)nnn5C)cc3n4C(c3ccccc3)C3CCOCC3)nn12. The van der Waals surface area contributed by atoms with E-state index in [1.807, 2.05) is 44.0 Å². The quantitative estimate of drug-likeness (QED) is 0.128. The Morgan fingerprint density at radius 1 is 1.04 bits per heavy atom. The zero-order valence-electron chi connectivity index (χ0n) is 30.5. The van der Waals surface area contributed by atoms with Crippen LogP contribution in [0.25, 0.3) is 38.2 Å². The smallest absolute Gasteiger partial charge is 0.338 e. The van der Waals surface area contributed by atoms with Crippen LogP contribution in [0.4, 0.5) is 5.82 Å². The molecule has 1 atom stereocenters. The average Bonchev–Trinajstić information content (AvgIpc) is 3.93. The largest absolute Gasteiger partial charge is 0.466 e. The van der Waals surface area contributed by atoms with Crippen LogP contribution in [-0.4, -0.2) is 84.9 Å². The van der Waals surface area contributed by atoms with Crippen molar-refractivity contribution >= 4 is 44.1 Å². The Hall–Kier alpha value is -4.92. The number of thiophene rings is 1. The minimum Gasteiger partial charge on any atom is -0.466 e. The molecule has 1 aromatic carbocycles. The topological polar surface area (TPSA) is 123 Å². The van der Waals surface area contributed by atoms with Crippen molar-refractivity contribution in [1.82, 2.24) is 44.4 Å². The van der Waals surface area contributed by atoms with Crippen LogP contribution in [0.15, 0.2) is 60.8 Å². The molecule has 0 saturated carbocycles. The number of aromatic nitrogens is 9. The van der Waals surface area contributed by atoms with Crippen molar-refractivity contribution in [1.29, 1.82) is 0 Å². The molecule has 1 fully saturated rings. The number of hydrogen-bond donors (Lipinski definition) is 0. The van der Waals surface area contributed by atoms with Crippen LogP contribution < -0.4 is 9.64 Å². The second-order valence-corrected chi connectivity index (χ2v) is 15.1. The summed E-state index contributed by atoms with van der Waals surface area (Å²) in [6.45, 7) is 9.22. The predicted molar refractivity (Wildman–Crippen MR) is 202 cm³/mol. The maximum absolute atomic E-state index is 6.66. The first-order valence-electron chi connectivity index (χ1n) is 17.8. The minimum atomic E-state index is -0.509. The molecule has 0 aliphatic carbocycles. The van der Waals surface area contributed by atoms with Crippen LogP contribution in [0.1, 0.15) is 55.3 Å². The highest BCUT2D eigenvalue weighted by atomic mass is 32.1. The summed E-state index contributed by atoms with van der Waals surface area (Å²) < 4.78 is 25.0. The van der Waals surface area contributed by atoms with Gasteiger partial charge < -0.3 is 23.7 Å². The standard InChI is InChI=1S/C38H44N10O3S/c1-24-34(46(5)44-40-24)27-21-28-33(39-23-27)36-29(47(28)35(25-11-8-7-9-12-25)26-15-19-50-20-16-26)22-30(52-36)38(2,3)51-18-10-17-45(4)32-14-13-31-41-42-37(49-6)48(31)43-32/h7-9,11-14,21-23,26,35H,10,15-20H2,1-6H3. The van der Waals surface area contributed by atoms with E-state index in [1.165, 1.54) is 20.7 Å². The highest BCUT2D eigenvalue weighted by molar-refractivity contribution is 7.20. The normalized spacial score (nSPS) is 14.9. The fraction of sp³-hybridized carbons (Fsp3) is 0.421. The summed E-state index contributed by atoms with van der Waals surface area (Å²) in [4.78, 5) is 8.44. The number of anilines is 1. The van der Waals surface area contributed by atoms with Crippen LogP contribution in [-0.2, 0) is 22.1 Å². The number of hydrogen-bond acceptors (Lipinski definition) is 11. The molecule has 8 rings (SSSR count). The van der Waals surface area contributed by atoms with Gasteiger partial charge in [-0.3, -0.25) is 4.98 Å². The lowest BCUT2D eigenvalue weighted by Crippen LogP contribution is -2.27. The fourth-order valence-electron chi connectivity index (χ4n) is 7.47. The number of benzene rings is 1. The van der Waals surface area contributed by atoms with Gasteiger partial charge in [-0.05, 0) is 75.8 Å². The molecule has 270 valence electrons. The van der Waals surface area contributed by atoms with Crippen LogP contribution in [0.3, 0.4) is 0 Å². The summed E-state index contributed by atoms with van der Waals surface area (Å²) in [5, 5.41) is 21.4. The third kappa shape index (κ3) is 6.18. The molecule has 6 aromatic heterocycles. The second kappa shape index (κ2) is 13.9. The van der Waals surface area contributed by atoms with E-state index < -0.39 is 5.60 Å². The van der Waals surface area contributed by atoms with E-state index in [9.17, 15) is 0 Å². The summed E-state index contributed by atoms with van der Waals surface area (Å²) in [5.74, 6) is 1.21. The van der Waals surface area contributed by atoms with Crippen molar-refractivity contribution in [3.8, 4) is 17.3 Å². The van der Waals surface area contributed by atoms with E-state index in [4.69, 9.17) is 19.2 Å². The number of fused-ring (bicyclic) bond motifs is 4. The van der Waals surface area contributed by atoms with E-state index in [1.54, 1.807) is 23.0 Å². The first-order chi connectivity index (χ1) is 25.2. The number of rotatable bonds is 12. The Bertz CT molecular complexity index is 2320. The van der Waals surface area contributed by atoms with Crippen LogP contribution >= 0.6 is 11.3 Å². The van der Waals surface area contributed by atoms with Crippen molar-refractivity contribution < 1.29 is 14.2 Å². The number of ether oxygens (including phenoxy) is 3. The molecule has 1 saturated heterocycles. The van der Waals surface area contributed by atoms with Gasteiger partial charge in [0, 0.05) is 57.1 Å². The maximum Gasteiger partial charge on any atom is 0.338 e. The van der Waals surface area contributed by atoms with Crippen LogP contribution in [0, 0.1) is 12.8 Å². The Labute approximate surface area is 306 Å². The van der Waals surface area contributed by atoms with Gasteiger partial charge in [-0.2, -0.15) is 4.52 Å².